The highest BCUT2D eigenvalue weighted by molar-refractivity contribution is 9.10. The van der Waals surface area contributed by atoms with Crippen LogP contribution in [0.25, 0.3) is 0 Å². The Kier molecular flexibility index (Phi) is 4.71. The summed E-state index contributed by atoms with van der Waals surface area (Å²) in [5, 5.41) is 9.01. The first kappa shape index (κ1) is 16.3. The predicted octanol–water partition coefficient (Wildman–Crippen LogP) is 3.63. The monoisotopic (exact) mass is 365 g/mol. The van der Waals surface area contributed by atoms with Crippen molar-refractivity contribution in [3.63, 3.8) is 0 Å². The summed E-state index contributed by atoms with van der Waals surface area (Å²) in [6.45, 7) is 3.74. The van der Waals surface area contributed by atoms with Crippen LogP contribution in [0.3, 0.4) is 0 Å². The van der Waals surface area contributed by atoms with E-state index in [9.17, 15) is 9.59 Å². The van der Waals surface area contributed by atoms with Crippen molar-refractivity contribution in [3.05, 3.63) is 56.9 Å². The second-order valence-electron chi connectivity index (χ2n) is 5.11. The average Bonchev–Trinajstić information content (AvgIpc) is 2.82. The largest absolute Gasteiger partial charge is 0.478 e. The summed E-state index contributed by atoms with van der Waals surface area (Å²) >= 11 is 3.40. The van der Waals surface area contributed by atoms with Crippen LogP contribution >= 0.6 is 15.9 Å². The molecule has 0 aliphatic rings. The lowest BCUT2D eigenvalue weighted by Crippen LogP contribution is -2.26. The van der Waals surface area contributed by atoms with E-state index in [2.05, 4.69) is 15.9 Å². The van der Waals surface area contributed by atoms with Gasteiger partial charge in [0.1, 0.15) is 17.1 Å². The third-order valence-corrected chi connectivity index (χ3v) is 4.21. The molecule has 0 radical (unpaired) electrons. The number of carbonyl (C=O) groups is 2. The maximum Gasteiger partial charge on any atom is 0.339 e. The van der Waals surface area contributed by atoms with Crippen LogP contribution in [0.5, 0.6) is 0 Å². The molecule has 1 aromatic carbocycles. The van der Waals surface area contributed by atoms with Crippen LogP contribution in [-0.2, 0) is 6.54 Å². The van der Waals surface area contributed by atoms with Crippen LogP contribution in [0.15, 0.2) is 33.2 Å². The first-order chi connectivity index (χ1) is 10.3. The van der Waals surface area contributed by atoms with Gasteiger partial charge in [0.25, 0.3) is 5.91 Å². The lowest BCUT2D eigenvalue weighted by atomic mass is 10.1. The van der Waals surface area contributed by atoms with Gasteiger partial charge >= 0.3 is 5.97 Å². The topological polar surface area (TPSA) is 70.8 Å². The number of carboxylic acids is 1. The van der Waals surface area contributed by atoms with Gasteiger partial charge in [-0.25, -0.2) is 4.79 Å². The van der Waals surface area contributed by atoms with E-state index in [-0.39, 0.29) is 18.0 Å². The molecule has 0 saturated carbocycles. The van der Waals surface area contributed by atoms with Crippen LogP contribution in [0.2, 0.25) is 0 Å². The van der Waals surface area contributed by atoms with Crippen LogP contribution in [-0.4, -0.2) is 28.9 Å². The van der Waals surface area contributed by atoms with Gasteiger partial charge in [-0.05, 0) is 37.6 Å². The highest BCUT2D eigenvalue weighted by atomic mass is 79.9. The number of halogens is 1. The van der Waals surface area contributed by atoms with Gasteiger partial charge in [-0.3, -0.25) is 4.79 Å². The van der Waals surface area contributed by atoms with Gasteiger partial charge < -0.3 is 14.4 Å². The fourth-order valence-corrected chi connectivity index (χ4v) is 2.46. The molecule has 2 rings (SSSR count). The number of rotatable bonds is 4. The zero-order chi connectivity index (χ0) is 16.4. The van der Waals surface area contributed by atoms with Crippen LogP contribution < -0.4 is 0 Å². The SMILES string of the molecule is Cc1ccc(C(=O)N(C)Cc2cc(C(=O)O)c(C)o2)cc1Br. The Labute approximate surface area is 136 Å². The molecule has 1 N–H and O–H groups in total. The standard InChI is InChI=1S/C16H16BrNO4/c1-9-4-5-11(6-14(9)17)15(19)18(3)8-12-7-13(16(20)21)10(2)22-12/h4-7H,8H2,1-3H3,(H,20,21). The number of aryl methyl sites for hydroxylation is 2. The van der Waals surface area contributed by atoms with E-state index in [1.54, 1.807) is 26.1 Å². The second kappa shape index (κ2) is 6.36. The Balaban J connectivity index is 2.16. The van der Waals surface area contributed by atoms with Crippen molar-refractivity contribution in [1.82, 2.24) is 4.90 Å². The molecule has 0 aliphatic heterocycles. The number of carbonyl (C=O) groups excluding carboxylic acids is 1. The van der Waals surface area contributed by atoms with Crippen molar-refractivity contribution in [2.75, 3.05) is 7.05 Å². The summed E-state index contributed by atoms with van der Waals surface area (Å²) in [5.74, 6) is -0.422. The Hall–Kier alpha value is -2.08. The number of hydrogen-bond acceptors (Lipinski definition) is 3. The summed E-state index contributed by atoms with van der Waals surface area (Å²) < 4.78 is 6.26. The molecule has 0 fully saturated rings. The van der Waals surface area contributed by atoms with Crippen molar-refractivity contribution in [2.45, 2.75) is 20.4 Å². The molecule has 5 nitrogen and oxygen atoms in total. The van der Waals surface area contributed by atoms with Crippen LogP contribution in [0.4, 0.5) is 0 Å². The van der Waals surface area contributed by atoms with Gasteiger partial charge in [-0.1, -0.05) is 22.0 Å². The van der Waals surface area contributed by atoms with Gasteiger partial charge in [0.2, 0.25) is 0 Å². The third kappa shape index (κ3) is 3.39. The molecule has 0 spiro atoms. The number of furan rings is 1. The summed E-state index contributed by atoms with van der Waals surface area (Å²) in [6.07, 6.45) is 0. The molecule has 2 aromatic rings. The molecular formula is C16H16BrNO4. The van der Waals surface area contributed by atoms with Crippen LogP contribution in [0, 0.1) is 13.8 Å². The van der Waals surface area contributed by atoms with Gasteiger partial charge in [0.15, 0.2) is 0 Å². The fraction of sp³-hybridized carbons (Fsp3) is 0.250. The number of aromatic carboxylic acids is 1. The lowest BCUT2D eigenvalue weighted by molar-refractivity contribution is 0.0694. The van der Waals surface area contributed by atoms with E-state index in [4.69, 9.17) is 9.52 Å². The Morgan fingerprint density at radius 1 is 1.27 bits per heavy atom. The van der Waals surface area contributed by atoms with Gasteiger partial charge in [0.05, 0.1) is 6.54 Å². The van der Waals surface area contributed by atoms with E-state index < -0.39 is 5.97 Å². The zero-order valence-corrected chi connectivity index (χ0v) is 14.1. The van der Waals surface area contributed by atoms with E-state index >= 15 is 0 Å². The summed E-state index contributed by atoms with van der Waals surface area (Å²) in [6, 6.07) is 6.84. The normalized spacial score (nSPS) is 10.5. The summed E-state index contributed by atoms with van der Waals surface area (Å²) in [4.78, 5) is 24.9. The van der Waals surface area contributed by atoms with E-state index in [0.717, 1.165) is 10.0 Å². The molecular weight excluding hydrogens is 350 g/mol. The predicted molar refractivity (Wildman–Crippen MR) is 85.1 cm³/mol. The van der Waals surface area contributed by atoms with Gasteiger partial charge in [0, 0.05) is 17.1 Å². The van der Waals surface area contributed by atoms with Gasteiger partial charge in [-0.2, -0.15) is 0 Å². The minimum absolute atomic E-state index is 0.119. The lowest BCUT2D eigenvalue weighted by Gasteiger charge is -2.16. The van der Waals surface area contributed by atoms with Crippen LogP contribution in [0.1, 0.15) is 37.8 Å². The molecule has 116 valence electrons. The molecule has 0 aliphatic carbocycles. The number of hydrogen-bond donors (Lipinski definition) is 1. The zero-order valence-electron chi connectivity index (χ0n) is 12.5. The second-order valence-corrected chi connectivity index (χ2v) is 5.97. The molecule has 6 heteroatoms. The van der Waals surface area contributed by atoms with Crippen molar-refractivity contribution >= 4 is 27.8 Å². The molecule has 1 aromatic heterocycles. The highest BCUT2D eigenvalue weighted by Gasteiger charge is 2.18. The third-order valence-electron chi connectivity index (χ3n) is 3.36. The minimum Gasteiger partial charge on any atom is -0.478 e. The smallest absolute Gasteiger partial charge is 0.339 e. The summed E-state index contributed by atoms with van der Waals surface area (Å²) in [7, 11) is 1.65. The molecule has 0 bridgehead atoms. The van der Waals surface area contributed by atoms with Crippen molar-refractivity contribution in [3.8, 4) is 0 Å². The quantitative estimate of drug-likeness (QED) is 0.897. The first-order valence-corrected chi connectivity index (χ1v) is 7.43. The Morgan fingerprint density at radius 3 is 2.50 bits per heavy atom. The highest BCUT2D eigenvalue weighted by Crippen LogP contribution is 2.20. The Morgan fingerprint density at radius 2 is 1.95 bits per heavy atom. The fourth-order valence-electron chi connectivity index (χ4n) is 2.09. The van der Waals surface area contributed by atoms with E-state index in [0.29, 0.717) is 17.1 Å². The number of carboxylic acid groups (broad SMARTS) is 1. The molecule has 0 atom stereocenters. The number of benzene rings is 1. The van der Waals surface area contributed by atoms with Crippen molar-refractivity contribution in [2.24, 2.45) is 0 Å². The molecule has 1 amide bonds. The summed E-state index contributed by atoms with van der Waals surface area (Å²) in [5.41, 5.74) is 1.72. The van der Waals surface area contributed by atoms with Crippen molar-refractivity contribution in [1.29, 1.82) is 0 Å². The minimum atomic E-state index is -1.04. The molecule has 22 heavy (non-hydrogen) atoms. The molecule has 0 saturated heterocycles. The molecule has 1 heterocycles. The maximum atomic E-state index is 12.4. The van der Waals surface area contributed by atoms with Crippen molar-refractivity contribution < 1.29 is 19.1 Å². The average molecular weight is 366 g/mol. The number of amides is 1. The van der Waals surface area contributed by atoms with E-state index in [1.807, 2.05) is 13.0 Å². The maximum absolute atomic E-state index is 12.4. The molecule has 0 unspecified atom stereocenters. The van der Waals surface area contributed by atoms with Gasteiger partial charge in [-0.15, -0.1) is 0 Å². The first-order valence-electron chi connectivity index (χ1n) is 6.64. The Bertz CT molecular complexity index is 736. The number of nitrogens with zero attached hydrogens (tertiary/aromatic N) is 1. The van der Waals surface area contributed by atoms with E-state index in [1.165, 1.54) is 11.0 Å².